The van der Waals surface area contributed by atoms with Gasteiger partial charge in [-0.2, -0.15) is 4.98 Å². The molecule has 0 bridgehead atoms. The van der Waals surface area contributed by atoms with Crippen LogP contribution in [0.4, 0.5) is 0 Å². The summed E-state index contributed by atoms with van der Waals surface area (Å²) in [7, 11) is 0. The number of halogens is 1. The van der Waals surface area contributed by atoms with Crippen LogP contribution in [0.2, 0.25) is 0 Å². The topological polar surface area (TPSA) is 52.1 Å². The second-order valence-corrected chi connectivity index (χ2v) is 4.38. The van der Waals surface area contributed by atoms with Gasteiger partial charge in [0.2, 0.25) is 0 Å². The molecule has 0 amide bonds. The first-order valence-corrected chi connectivity index (χ1v) is 5.64. The van der Waals surface area contributed by atoms with E-state index in [1.807, 2.05) is 30.3 Å². The average molecular weight is 249 g/mol. The predicted octanol–water partition coefficient (Wildman–Crippen LogP) is 3.78. The van der Waals surface area contributed by atoms with Crippen LogP contribution in [0, 0.1) is 0 Å². The average Bonchev–Trinajstić information content (AvgIpc) is 2.95. The molecule has 1 aromatic carbocycles. The molecule has 0 aliphatic heterocycles. The Hall–Kier alpha value is -1.81. The second-order valence-electron chi connectivity index (χ2n) is 3.72. The lowest BCUT2D eigenvalue weighted by atomic mass is 10.2. The molecule has 86 valence electrons. The molecule has 4 nitrogen and oxygen atoms in total. The van der Waals surface area contributed by atoms with Crippen molar-refractivity contribution in [3.63, 3.8) is 0 Å². The Morgan fingerprint density at radius 2 is 2.12 bits per heavy atom. The lowest BCUT2D eigenvalue weighted by Crippen LogP contribution is -1.86. The van der Waals surface area contributed by atoms with Crippen LogP contribution >= 0.6 is 11.6 Å². The molecule has 2 heterocycles. The minimum atomic E-state index is -0.281. The number of rotatable bonds is 2. The highest BCUT2D eigenvalue weighted by Gasteiger charge is 2.15. The second kappa shape index (κ2) is 3.89. The molecule has 0 aliphatic carbocycles. The van der Waals surface area contributed by atoms with Crippen molar-refractivity contribution in [1.29, 1.82) is 0 Å². The van der Waals surface area contributed by atoms with Gasteiger partial charge < -0.3 is 8.94 Å². The monoisotopic (exact) mass is 248 g/mol. The molecule has 1 atom stereocenters. The summed E-state index contributed by atoms with van der Waals surface area (Å²) in [4.78, 5) is 4.17. The van der Waals surface area contributed by atoms with E-state index in [1.54, 1.807) is 6.92 Å². The molecule has 0 radical (unpaired) electrons. The van der Waals surface area contributed by atoms with Crippen LogP contribution in [0.5, 0.6) is 0 Å². The molecular weight excluding hydrogens is 240 g/mol. The van der Waals surface area contributed by atoms with Gasteiger partial charge in [0, 0.05) is 5.39 Å². The lowest BCUT2D eigenvalue weighted by molar-refractivity contribution is 0.411. The van der Waals surface area contributed by atoms with Crippen LogP contribution in [0.15, 0.2) is 39.3 Å². The largest absolute Gasteiger partial charge is 0.451 e. The Morgan fingerprint density at radius 1 is 1.29 bits per heavy atom. The SMILES string of the molecule is CC(Cl)c1noc(-c2cc3ccccc3o2)n1. The Morgan fingerprint density at radius 3 is 2.82 bits per heavy atom. The fourth-order valence-electron chi connectivity index (χ4n) is 1.58. The minimum Gasteiger partial charge on any atom is -0.451 e. The zero-order chi connectivity index (χ0) is 11.8. The Bertz CT molecular complexity index is 624. The van der Waals surface area contributed by atoms with E-state index in [4.69, 9.17) is 20.5 Å². The third-order valence-electron chi connectivity index (χ3n) is 2.43. The molecule has 5 heteroatoms. The fraction of sp³-hybridized carbons (Fsp3) is 0.167. The van der Waals surface area contributed by atoms with Gasteiger partial charge in [0.25, 0.3) is 5.89 Å². The van der Waals surface area contributed by atoms with E-state index in [0.29, 0.717) is 17.5 Å². The van der Waals surface area contributed by atoms with Crippen LogP contribution in [-0.2, 0) is 0 Å². The van der Waals surface area contributed by atoms with Gasteiger partial charge in [-0.1, -0.05) is 23.4 Å². The first kappa shape index (κ1) is 10.4. The van der Waals surface area contributed by atoms with Crippen molar-refractivity contribution in [2.75, 3.05) is 0 Å². The summed E-state index contributed by atoms with van der Waals surface area (Å²) in [6.45, 7) is 1.79. The number of fused-ring (bicyclic) bond motifs is 1. The number of furan rings is 1. The lowest BCUT2D eigenvalue weighted by Gasteiger charge is -1.89. The number of hydrogen-bond acceptors (Lipinski definition) is 4. The van der Waals surface area contributed by atoms with Crippen LogP contribution < -0.4 is 0 Å². The van der Waals surface area contributed by atoms with Crippen molar-refractivity contribution >= 4 is 22.6 Å². The number of aromatic nitrogens is 2. The Balaban J connectivity index is 2.07. The van der Waals surface area contributed by atoms with E-state index in [2.05, 4.69) is 10.1 Å². The van der Waals surface area contributed by atoms with Crippen LogP contribution in [0.3, 0.4) is 0 Å². The summed E-state index contributed by atoms with van der Waals surface area (Å²) < 4.78 is 10.7. The summed E-state index contributed by atoms with van der Waals surface area (Å²) in [5.74, 6) is 1.37. The molecule has 0 N–H and O–H groups in total. The maximum atomic E-state index is 5.87. The highest BCUT2D eigenvalue weighted by molar-refractivity contribution is 6.20. The van der Waals surface area contributed by atoms with Crippen molar-refractivity contribution in [2.45, 2.75) is 12.3 Å². The normalized spacial score (nSPS) is 13.1. The van der Waals surface area contributed by atoms with Gasteiger partial charge in [0.1, 0.15) is 5.58 Å². The van der Waals surface area contributed by atoms with Gasteiger partial charge in [-0.25, -0.2) is 0 Å². The fourth-order valence-corrected chi connectivity index (χ4v) is 1.67. The van der Waals surface area contributed by atoms with Gasteiger partial charge in [-0.3, -0.25) is 0 Å². The van der Waals surface area contributed by atoms with E-state index in [1.165, 1.54) is 0 Å². The third-order valence-corrected chi connectivity index (χ3v) is 2.63. The highest BCUT2D eigenvalue weighted by Crippen LogP contribution is 2.27. The van der Waals surface area contributed by atoms with Gasteiger partial charge in [0.15, 0.2) is 11.6 Å². The number of nitrogens with zero attached hydrogens (tertiary/aromatic N) is 2. The maximum Gasteiger partial charge on any atom is 0.293 e. The minimum absolute atomic E-state index is 0.281. The number of alkyl halides is 1. The summed E-state index contributed by atoms with van der Waals surface area (Å²) in [6, 6.07) is 9.58. The van der Waals surface area contributed by atoms with Crippen LogP contribution in [-0.4, -0.2) is 10.1 Å². The molecule has 3 aromatic rings. The van der Waals surface area contributed by atoms with E-state index in [0.717, 1.165) is 11.0 Å². The Kier molecular flexibility index (Phi) is 2.37. The Labute approximate surface area is 102 Å². The molecule has 3 rings (SSSR count). The van der Waals surface area contributed by atoms with Crippen molar-refractivity contribution in [1.82, 2.24) is 10.1 Å². The molecule has 17 heavy (non-hydrogen) atoms. The van der Waals surface area contributed by atoms with Crippen molar-refractivity contribution in [2.24, 2.45) is 0 Å². The summed E-state index contributed by atoms with van der Waals surface area (Å²) in [5.41, 5.74) is 0.793. The first-order chi connectivity index (χ1) is 8.24. The molecule has 0 spiro atoms. The molecular formula is C12H9ClN2O2. The van der Waals surface area contributed by atoms with E-state index in [9.17, 15) is 0 Å². The molecule has 2 aromatic heterocycles. The van der Waals surface area contributed by atoms with Gasteiger partial charge >= 0.3 is 0 Å². The third kappa shape index (κ3) is 1.80. The summed E-state index contributed by atoms with van der Waals surface area (Å²) >= 11 is 5.87. The number of benzene rings is 1. The smallest absolute Gasteiger partial charge is 0.293 e. The van der Waals surface area contributed by atoms with Gasteiger partial charge in [0.05, 0.1) is 5.38 Å². The summed E-state index contributed by atoms with van der Waals surface area (Å²) in [5, 5.41) is 4.50. The molecule has 0 saturated carbocycles. The van der Waals surface area contributed by atoms with E-state index in [-0.39, 0.29) is 5.38 Å². The molecule has 1 unspecified atom stereocenters. The number of hydrogen-bond donors (Lipinski definition) is 0. The van der Waals surface area contributed by atoms with E-state index < -0.39 is 0 Å². The predicted molar refractivity (Wildman–Crippen MR) is 63.8 cm³/mol. The molecule has 0 aliphatic rings. The maximum absolute atomic E-state index is 5.87. The quantitative estimate of drug-likeness (QED) is 0.648. The summed E-state index contributed by atoms with van der Waals surface area (Å²) in [6.07, 6.45) is 0. The first-order valence-electron chi connectivity index (χ1n) is 5.20. The van der Waals surface area contributed by atoms with Crippen molar-refractivity contribution in [3.05, 3.63) is 36.2 Å². The molecule has 0 saturated heterocycles. The van der Waals surface area contributed by atoms with Crippen LogP contribution in [0.1, 0.15) is 18.1 Å². The standard InChI is InChI=1S/C12H9ClN2O2/c1-7(13)11-14-12(17-15-11)10-6-8-4-2-3-5-9(8)16-10/h2-7H,1H3. The zero-order valence-corrected chi connectivity index (χ0v) is 9.81. The van der Waals surface area contributed by atoms with Crippen molar-refractivity contribution in [3.8, 4) is 11.7 Å². The van der Waals surface area contributed by atoms with Crippen LogP contribution in [0.25, 0.3) is 22.6 Å². The van der Waals surface area contributed by atoms with Gasteiger partial charge in [-0.15, -0.1) is 11.6 Å². The zero-order valence-electron chi connectivity index (χ0n) is 9.05. The highest BCUT2D eigenvalue weighted by atomic mass is 35.5. The van der Waals surface area contributed by atoms with Gasteiger partial charge in [-0.05, 0) is 19.1 Å². The van der Waals surface area contributed by atoms with Crippen molar-refractivity contribution < 1.29 is 8.94 Å². The molecule has 0 fully saturated rings. The number of para-hydroxylation sites is 1. The van der Waals surface area contributed by atoms with E-state index >= 15 is 0 Å².